The van der Waals surface area contributed by atoms with Crippen LogP contribution in [0.25, 0.3) is 0 Å². The van der Waals surface area contributed by atoms with Crippen molar-refractivity contribution in [3.8, 4) is 17.2 Å². The van der Waals surface area contributed by atoms with Gasteiger partial charge in [0.1, 0.15) is 12.4 Å². The van der Waals surface area contributed by atoms with Crippen LogP contribution in [0.4, 0.5) is 0 Å². The molecule has 3 rings (SSSR count). The first-order valence-electron chi connectivity index (χ1n) is 10.1. The minimum absolute atomic E-state index is 0.281. The summed E-state index contributed by atoms with van der Waals surface area (Å²) in [7, 11) is 1.48. The van der Waals surface area contributed by atoms with Gasteiger partial charge in [-0.25, -0.2) is 10.2 Å². The third kappa shape index (κ3) is 6.54. The molecular weight excluding hydrogens is 420 g/mol. The van der Waals surface area contributed by atoms with Crippen LogP contribution in [-0.4, -0.2) is 31.8 Å². The molecule has 0 saturated heterocycles. The maximum atomic E-state index is 12.4. The van der Waals surface area contributed by atoms with Gasteiger partial charge in [-0.15, -0.1) is 0 Å². The molecule has 3 aromatic rings. The van der Waals surface area contributed by atoms with Gasteiger partial charge in [-0.3, -0.25) is 4.79 Å². The van der Waals surface area contributed by atoms with Crippen molar-refractivity contribution in [3.63, 3.8) is 0 Å². The van der Waals surface area contributed by atoms with E-state index in [1.54, 1.807) is 60.7 Å². The number of hydrogen-bond donors (Lipinski definition) is 1. The van der Waals surface area contributed by atoms with Gasteiger partial charge >= 0.3 is 5.97 Å². The van der Waals surface area contributed by atoms with Crippen molar-refractivity contribution in [1.29, 1.82) is 0 Å². The van der Waals surface area contributed by atoms with Crippen LogP contribution in [0.15, 0.2) is 84.5 Å². The highest BCUT2D eigenvalue weighted by Crippen LogP contribution is 2.28. The lowest BCUT2D eigenvalue weighted by atomic mass is 10.1. The SMILES string of the molecule is C=CCOc1ccc(C(=O)N/N=C\c2ccc(OC(=O)c3ccc(C)cc3)c(OC)c2)cc1. The Kier molecular flexibility index (Phi) is 7.96. The van der Waals surface area contributed by atoms with Crippen molar-refractivity contribution in [1.82, 2.24) is 5.43 Å². The number of carbonyl (C=O) groups is 2. The number of carbonyl (C=O) groups excluding carboxylic acids is 2. The first-order chi connectivity index (χ1) is 16.0. The largest absolute Gasteiger partial charge is 0.493 e. The van der Waals surface area contributed by atoms with Crippen LogP contribution in [0.3, 0.4) is 0 Å². The lowest BCUT2D eigenvalue weighted by Crippen LogP contribution is -2.17. The van der Waals surface area contributed by atoms with Crippen molar-refractivity contribution in [3.05, 3.63) is 102 Å². The summed E-state index contributed by atoms with van der Waals surface area (Å²) in [6, 6.07) is 18.7. The Bertz CT molecular complexity index is 1150. The summed E-state index contributed by atoms with van der Waals surface area (Å²) in [5.41, 5.74) is 5.05. The number of hydrogen-bond acceptors (Lipinski definition) is 6. The number of nitrogens with zero attached hydrogens (tertiary/aromatic N) is 1. The fraction of sp³-hybridized carbons (Fsp3) is 0.115. The third-order valence-electron chi connectivity index (χ3n) is 4.54. The van der Waals surface area contributed by atoms with Gasteiger partial charge in [-0.1, -0.05) is 30.4 Å². The molecule has 0 heterocycles. The van der Waals surface area contributed by atoms with Gasteiger partial charge < -0.3 is 14.2 Å². The van der Waals surface area contributed by atoms with E-state index >= 15 is 0 Å². The normalized spacial score (nSPS) is 10.5. The van der Waals surface area contributed by atoms with Gasteiger partial charge in [0.15, 0.2) is 11.5 Å². The number of benzene rings is 3. The van der Waals surface area contributed by atoms with E-state index in [2.05, 4.69) is 17.1 Å². The Morgan fingerprint density at radius 2 is 1.67 bits per heavy atom. The standard InChI is InChI=1S/C26H24N2O5/c1-4-15-32-22-12-10-20(11-13-22)25(29)28-27-17-19-7-14-23(24(16-19)31-3)33-26(30)21-8-5-18(2)6-9-21/h4-14,16-17H,1,15H2,2-3H3,(H,28,29)/b27-17-. The number of amides is 1. The Balaban J connectivity index is 1.61. The minimum atomic E-state index is -0.483. The van der Waals surface area contributed by atoms with E-state index in [0.717, 1.165) is 5.56 Å². The second-order valence-corrected chi connectivity index (χ2v) is 6.99. The van der Waals surface area contributed by atoms with Gasteiger partial charge in [0, 0.05) is 5.56 Å². The van der Waals surface area contributed by atoms with Gasteiger partial charge in [0.05, 0.1) is 18.9 Å². The fourth-order valence-electron chi connectivity index (χ4n) is 2.78. The molecule has 1 N–H and O–H groups in total. The van der Waals surface area contributed by atoms with Crippen molar-refractivity contribution in [2.24, 2.45) is 5.10 Å². The van der Waals surface area contributed by atoms with Crippen LogP contribution in [0.5, 0.6) is 17.2 Å². The van der Waals surface area contributed by atoms with Crippen molar-refractivity contribution >= 4 is 18.1 Å². The summed E-state index contributed by atoms with van der Waals surface area (Å²) in [6.45, 7) is 5.92. The maximum Gasteiger partial charge on any atom is 0.343 e. The lowest BCUT2D eigenvalue weighted by Gasteiger charge is -2.10. The monoisotopic (exact) mass is 444 g/mol. The van der Waals surface area contributed by atoms with E-state index in [4.69, 9.17) is 14.2 Å². The van der Waals surface area contributed by atoms with Crippen LogP contribution in [0, 0.1) is 6.92 Å². The maximum absolute atomic E-state index is 12.4. The molecule has 0 atom stereocenters. The molecule has 0 fully saturated rings. The molecule has 0 bridgehead atoms. The smallest absolute Gasteiger partial charge is 0.343 e. The number of methoxy groups -OCH3 is 1. The molecule has 1 amide bonds. The van der Waals surface area contributed by atoms with Crippen molar-refractivity contribution in [2.75, 3.05) is 13.7 Å². The van der Waals surface area contributed by atoms with Gasteiger partial charge in [-0.2, -0.15) is 5.10 Å². The molecule has 0 saturated carbocycles. The number of ether oxygens (including phenoxy) is 3. The first-order valence-corrected chi connectivity index (χ1v) is 10.1. The molecule has 7 nitrogen and oxygen atoms in total. The molecule has 3 aromatic carbocycles. The Labute approximate surface area is 192 Å². The average molecular weight is 444 g/mol. The summed E-state index contributed by atoms with van der Waals surface area (Å²) in [4.78, 5) is 24.6. The van der Waals surface area contributed by atoms with Crippen molar-refractivity contribution < 1.29 is 23.8 Å². The van der Waals surface area contributed by atoms with Crippen molar-refractivity contribution in [2.45, 2.75) is 6.92 Å². The molecule has 33 heavy (non-hydrogen) atoms. The van der Waals surface area contributed by atoms with E-state index < -0.39 is 5.97 Å². The van der Waals surface area contributed by atoms with E-state index in [0.29, 0.717) is 34.8 Å². The number of nitrogens with one attached hydrogen (secondary N) is 1. The number of aryl methyl sites for hydroxylation is 1. The topological polar surface area (TPSA) is 86.2 Å². The number of rotatable bonds is 9. The highest BCUT2D eigenvalue weighted by Gasteiger charge is 2.13. The molecular formula is C26H24N2O5. The highest BCUT2D eigenvalue weighted by atomic mass is 16.6. The lowest BCUT2D eigenvalue weighted by molar-refractivity contribution is 0.0729. The summed E-state index contributed by atoms with van der Waals surface area (Å²) < 4.78 is 16.2. The van der Waals surface area contributed by atoms with Crippen LogP contribution >= 0.6 is 0 Å². The van der Waals surface area contributed by atoms with Gasteiger partial charge in [-0.05, 0) is 67.1 Å². The number of esters is 1. The molecule has 0 radical (unpaired) electrons. The quantitative estimate of drug-likeness (QED) is 0.172. The Morgan fingerprint density at radius 1 is 0.970 bits per heavy atom. The zero-order valence-electron chi connectivity index (χ0n) is 18.4. The zero-order valence-corrected chi connectivity index (χ0v) is 18.4. The van der Waals surface area contributed by atoms with Crippen LogP contribution in [0.2, 0.25) is 0 Å². The fourth-order valence-corrected chi connectivity index (χ4v) is 2.78. The highest BCUT2D eigenvalue weighted by molar-refractivity contribution is 5.95. The summed E-state index contributed by atoms with van der Waals surface area (Å²) >= 11 is 0. The van der Waals surface area contributed by atoms with Crippen LogP contribution in [0.1, 0.15) is 31.8 Å². The van der Waals surface area contributed by atoms with E-state index in [1.165, 1.54) is 13.3 Å². The number of hydrazone groups is 1. The van der Waals surface area contributed by atoms with E-state index in [1.807, 2.05) is 19.1 Å². The molecule has 168 valence electrons. The molecule has 0 aliphatic carbocycles. The second-order valence-electron chi connectivity index (χ2n) is 6.99. The van der Waals surface area contributed by atoms with E-state index in [-0.39, 0.29) is 11.7 Å². The molecule has 7 heteroatoms. The zero-order chi connectivity index (χ0) is 23.6. The van der Waals surface area contributed by atoms with Crippen LogP contribution < -0.4 is 19.6 Å². The minimum Gasteiger partial charge on any atom is -0.493 e. The third-order valence-corrected chi connectivity index (χ3v) is 4.54. The molecule has 0 spiro atoms. The Hall–Kier alpha value is -4.39. The predicted octanol–water partition coefficient (Wildman–Crippen LogP) is 4.55. The molecule has 0 aliphatic heterocycles. The van der Waals surface area contributed by atoms with Gasteiger partial charge in [0.2, 0.25) is 0 Å². The van der Waals surface area contributed by atoms with Crippen LogP contribution in [-0.2, 0) is 0 Å². The molecule has 0 aliphatic rings. The predicted molar refractivity (Wildman–Crippen MR) is 126 cm³/mol. The Morgan fingerprint density at radius 3 is 2.33 bits per heavy atom. The first kappa shape index (κ1) is 23.3. The van der Waals surface area contributed by atoms with E-state index in [9.17, 15) is 9.59 Å². The molecule has 0 aromatic heterocycles. The summed E-state index contributed by atoms with van der Waals surface area (Å²) in [5.74, 6) is 0.439. The average Bonchev–Trinajstić information content (AvgIpc) is 2.84. The summed E-state index contributed by atoms with van der Waals surface area (Å²) in [5, 5.41) is 3.98. The molecule has 0 unspecified atom stereocenters. The van der Waals surface area contributed by atoms with Gasteiger partial charge in [0.25, 0.3) is 5.91 Å². The summed E-state index contributed by atoms with van der Waals surface area (Å²) in [6.07, 6.45) is 3.11. The second kappa shape index (κ2) is 11.3.